The summed E-state index contributed by atoms with van der Waals surface area (Å²) < 4.78 is 33.2. The van der Waals surface area contributed by atoms with Crippen LogP contribution in [0, 0.1) is 6.92 Å². The lowest BCUT2D eigenvalue weighted by atomic mass is 10.0. The Labute approximate surface area is 221 Å². The van der Waals surface area contributed by atoms with Gasteiger partial charge in [-0.3, -0.25) is 0 Å². The van der Waals surface area contributed by atoms with E-state index >= 15 is 0 Å². The van der Waals surface area contributed by atoms with Gasteiger partial charge in [-0.1, -0.05) is 17.7 Å². The Hall–Kier alpha value is -3.31. The number of hydrogen-bond acceptors (Lipinski definition) is 8. The monoisotopic (exact) mass is 538 g/mol. The van der Waals surface area contributed by atoms with Gasteiger partial charge in [-0.25, -0.2) is 13.4 Å². The molecule has 1 aliphatic heterocycles. The number of piperazine rings is 1. The number of anilines is 2. The molecule has 0 spiro atoms. The number of halogens is 1. The second kappa shape index (κ2) is 10.2. The van der Waals surface area contributed by atoms with Gasteiger partial charge in [0.25, 0.3) is 0 Å². The van der Waals surface area contributed by atoms with Crippen molar-refractivity contribution in [3.8, 4) is 16.9 Å². The molecule has 5 rings (SSSR count). The summed E-state index contributed by atoms with van der Waals surface area (Å²) in [6, 6.07) is 16.0. The van der Waals surface area contributed by atoms with Crippen LogP contribution in [-0.2, 0) is 10.0 Å². The molecule has 3 aromatic carbocycles. The third-order valence-electron chi connectivity index (χ3n) is 6.43. The number of nitrogens with one attached hydrogen (secondary N) is 1. The van der Waals surface area contributed by atoms with Gasteiger partial charge in [-0.05, 0) is 73.6 Å². The number of aromatic nitrogens is 3. The predicted molar refractivity (Wildman–Crippen MR) is 145 cm³/mol. The lowest BCUT2D eigenvalue weighted by Gasteiger charge is -2.31. The Kier molecular flexibility index (Phi) is 7.00. The van der Waals surface area contributed by atoms with Crippen molar-refractivity contribution in [2.45, 2.75) is 11.8 Å². The van der Waals surface area contributed by atoms with Crippen molar-refractivity contribution in [3.63, 3.8) is 0 Å². The molecule has 0 amide bonds. The first-order valence-corrected chi connectivity index (χ1v) is 13.6. The number of aryl methyl sites for hydroxylation is 1. The maximum absolute atomic E-state index is 13.1. The smallest absolute Gasteiger partial charge is 0.247 e. The van der Waals surface area contributed by atoms with Crippen LogP contribution in [0.5, 0.6) is 5.75 Å². The minimum absolute atomic E-state index is 0.229. The standard InChI is InChI=1S/C26H27ClN6O3S/c1-17-13-18(22-16-20(36-3)7-8-23(22)27)14-24-25(17)29-26(31-30-24)28-19-5-4-6-21(15-19)37(34,35)33-11-9-32(2)10-12-33/h4-8,13-16H,9-12H2,1-3H3,(H,28,29,31). The van der Waals surface area contributed by atoms with Crippen LogP contribution in [0.15, 0.2) is 59.5 Å². The maximum atomic E-state index is 13.1. The highest BCUT2D eigenvalue weighted by Crippen LogP contribution is 2.34. The van der Waals surface area contributed by atoms with E-state index in [1.54, 1.807) is 37.4 Å². The summed E-state index contributed by atoms with van der Waals surface area (Å²) in [5.41, 5.74) is 4.47. The highest BCUT2D eigenvalue weighted by atomic mass is 35.5. The molecule has 0 radical (unpaired) electrons. The number of methoxy groups -OCH3 is 1. The van der Waals surface area contributed by atoms with Gasteiger partial charge in [0.15, 0.2) is 0 Å². The number of likely N-dealkylation sites (N-methyl/N-ethyl adjacent to an activating group) is 1. The van der Waals surface area contributed by atoms with Gasteiger partial charge in [0.05, 0.1) is 17.5 Å². The van der Waals surface area contributed by atoms with Crippen molar-refractivity contribution in [2.75, 3.05) is 45.7 Å². The first-order chi connectivity index (χ1) is 17.7. The largest absolute Gasteiger partial charge is 0.497 e. The van der Waals surface area contributed by atoms with Crippen LogP contribution in [0.25, 0.3) is 22.2 Å². The average Bonchev–Trinajstić information content (AvgIpc) is 2.89. The molecule has 192 valence electrons. The normalized spacial score (nSPS) is 15.1. The molecule has 0 aliphatic carbocycles. The molecule has 0 atom stereocenters. The number of sulfonamides is 1. The number of hydrogen-bond donors (Lipinski definition) is 1. The zero-order valence-electron chi connectivity index (χ0n) is 20.8. The van der Waals surface area contributed by atoms with Crippen LogP contribution in [0.3, 0.4) is 0 Å². The SMILES string of the molecule is COc1ccc(Cl)c(-c2cc(C)c3nc(Nc4cccc(S(=O)(=O)N5CCN(C)CC5)c4)nnc3c2)c1. The lowest BCUT2D eigenvalue weighted by Crippen LogP contribution is -2.47. The van der Waals surface area contributed by atoms with Crippen molar-refractivity contribution >= 4 is 44.3 Å². The summed E-state index contributed by atoms with van der Waals surface area (Å²) in [5.74, 6) is 0.981. The van der Waals surface area contributed by atoms with Crippen LogP contribution < -0.4 is 10.1 Å². The molecule has 2 heterocycles. The van der Waals surface area contributed by atoms with E-state index in [9.17, 15) is 8.42 Å². The minimum Gasteiger partial charge on any atom is -0.497 e. The summed E-state index contributed by atoms with van der Waals surface area (Å²) in [7, 11) is 0.00900. The van der Waals surface area contributed by atoms with E-state index in [1.807, 2.05) is 38.2 Å². The van der Waals surface area contributed by atoms with Gasteiger partial charge in [-0.15, -0.1) is 10.2 Å². The van der Waals surface area contributed by atoms with E-state index < -0.39 is 10.0 Å². The van der Waals surface area contributed by atoms with Crippen LogP contribution in [0.1, 0.15) is 5.56 Å². The number of fused-ring (bicyclic) bond motifs is 1. The van der Waals surface area contributed by atoms with Crippen LogP contribution in [-0.4, -0.2) is 73.1 Å². The first kappa shape index (κ1) is 25.3. The van der Waals surface area contributed by atoms with Gasteiger partial charge < -0.3 is 15.0 Å². The maximum Gasteiger partial charge on any atom is 0.247 e. The highest BCUT2D eigenvalue weighted by molar-refractivity contribution is 7.89. The van der Waals surface area contributed by atoms with Crippen LogP contribution in [0.4, 0.5) is 11.6 Å². The quantitative estimate of drug-likeness (QED) is 0.387. The fourth-order valence-electron chi connectivity index (χ4n) is 4.31. The molecule has 0 unspecified atom stereocenters. The minimum atomic E-state index is -3.59. The highest BCUT2D eigenvalue weighted by Gasteiger charge is 2.27. The fraction of sp³-hybridized carbons (Fsp3) is 0.269. The van der Waals surface area contributed by atoms with E-state index in [1.165, 1.54) is 4.31 Å². The number of rotatable bonds is 6. The van der Waals surface area contributed by atoms with Crippen LogP contribution in [0.2, 0.25) is 5.02 Å². The van der Waals surface area contributed by atoms with Crippen molar-refractivity contribution < 1.29 is 13.2 Å². The van der Waals surface area contributed by atoms with Gasteiger partial charge in [0.1, 0.15) is 11.3 Å². The van der Waals surface area contributed by atoms with Crippen molar-refractivity contribution in [1.82, 2.24) is 24.4 Å². The molecule has 0 bridgehead atoms. The molecular weight excluding hydrogens is 512 g/mol. The van der Waals surface area contributed by atoms with Crippen molar-refractivity contribution in [2.24, 2.45) is 0 Å². The Bertz CT molecular complexity index is 1570. The fourth-order valence-corrected chi connectivity index (χ4v) is 6.01. The van der Waals surface area contributed by atoms with Gasteiger partial charge >= 0.3 is 0 Å². The Morgan fingerprint density at radius 1 is 1.00 bits per heavy atom. The summed E-state index contributed by atoms with van der Waals surface area (Å²) in [6.45, 7) is 4.30. The van der Waals surface area contributed by atoms with Gasteiger partial charge in [0, 0.05) is 42.5 Å². The van der Waals surface area contributed by atoms with Gasteiger partial charge in [-0.2, -0.15) is 4.31 Å². The summed E-state index contributed by atoms with van der Waals surface area (Å²) in [5, 5.41) is 12.3. The molecule has 1 saturated heterocycles. The number of nitrogens with zero attached hydrogens (tertiary/aromatic N) is 5. The summed E-state index contributed by atoms with van der Waals surface area (Å²) in [6.07, 6.45) is 0. The molecule has 1 fully saturated rings. The lowest BCUT2D eigenvalue weighted by molar-refractivity contribution is 0.222. The Morgan fingerprint density at radius 2 is 1.78 bits per heavy atom. The molecule has 4 aromatic rings. The van der Waals surface area contributed by atoms with Crippen molar-refractivity contribution in [3.05, 3.63) is 65.2 Å². The van der Waals surface area contributed by atoms with E-state index in [0.717, 1.165) is 16.7 Å². The molecule has 1 aliphatic rings. The van der Waals surface area contributed by atoms with E-state index in [0.29, 0.717) is 53.7 Å². The molecule has 37 heavy (non-hydrogen) atoms. The predicted octanol–water partition coefficient (Wildman–Crippen LogP) is 4.34. The zero-order chi connectivity index (χ0) is 26.2. The molecular formula is C26H27ClN6O3S. The third kappa shape index (κ3) is 5.24. The summed E-state index contributed by atoms with van der Waals surface area (Å²) >= 11 is 6.44. The average molecular weight is 539 g/mol. The molecule has 9 nitrogen and oxygen atoms in total. The van der Waals surface area contributed by atoms with Crippen LogP contribution >= 0.6 is 11.6 Å². The van der Waals surface area contributed by atoms with E-state index in [2.05, 4.69) is 25.4 Å². The molecule has 1 aromatic heterocycles. The van der Waals surface area contributed by atoms with Crippen molar-refractivity contribution in [1.29, 1.82) is 0 Å². The second-order valence-electron chi connectivity index (χ2n) is 9.00. The zero-order valence-corrected chi connectivity index (χ0v) is 22.3. The molecule has 11 heteroatoms. The topological polar surface area (TPSA) is 101 Å². The Morgan fingerprint density at radius 3 is 2.54 bits per heavy atom. The Balaban J connectivity index is 1.42. The second-order valence-corrected chi connectivity index (χ2v) is 11.3. The van der Waals surface area contributed by atoms with Gasteiger partial charge in [0.2, 0.25) is 16.0 Å². The molecule has 1 N–H and O–H groups in total. The van der Waals surface area contributed by atoms with E-state index in [-0.39, 0.29) is 10.8 Å². The number of benzene rings is 3. The first-order valence-electron chi connectivity index (χ1n) is 11.8. The molecule has 0 saturated carbocycles. The number of ether oxygens (including phenoxy) is 1. The van der Waals surface area contributed by atoms with E-state index in [4.69, 9.17) is 16.3 Å². The third-order valence-corrected chi connectivity index (χ3v) is 8.65. The summed E-state index contributed by atoms with van der Waals surface area (Å²) in [4.78, 5) is 6.99.